The minimum atomic E-state index is -3.69. The van der Waals surface area contributed by atoms with Gasteiger partial charge >= 0.3 is 0 Å². The van der Waals surface area contributed by atoms with Gasteiger partial charge in [-0.3, -0.25) is 4.79 Å². The molecule has 1 aliphatic heterocycles. The molecule has 1 saturated heterocycles. The summed E-state index contributed by atoms with van der Waals surface area (Å²) in [7, 11) is -3.69. The molecule has 9 heteroatoms. The molecule has 1 aromatic carbocycles. The van der Waals surface area contributed by atoms with E-state index in [1.165, 1.54) is 16.4 Å². The van der Waals surface area contributed by atoms with E-state index in [0.29, 0.717) is 31.1 Å². The van der Waals surface area contributed by atoms with Gasteiger partial charge in [-0.1, -0.05) is 6.07 Å². The molecule has 2 aliphatic rings. The molecule has 7 nitrogen and oxygen atoms in total. The Morgan fingerprint density at radius 3 is 2.43 bits per heavy atom. The lowest BCUT2D eigenvalue weighted by Crippen LogP contribution is -2.53. The maximum atomic E-state index is 13.0. The van der Waals surface area contributed by atoms with E-state index in [1.807, 2.05) is 20.8 Å². The zero-order valence-electron chi connectivity index (χ0n) is 16.6. The summed E-state index contributed by atoms with van der Waals surface area (Å²) in [4.78, 5) is 12.8. The average Bonchev–Trinajstić information content (AvgIpc) is 3.46. The monoisotopic (exact) mass is 431 g/mol. The van der Waals surface area contributed by atoms with E-state index >= 15 is 0 Å². The van der Waals surface area contributed by atoms with E-state index in [4.69, 9.17) is 10.5 Å². The molecule has 1 aromatic rings. The predicted molar refractivity (Wildman–Crippen MR) is 110 cm³/mol. The van der Waals surface area contributed by atoms with Crippen molar-refractivity contribution in [3.05, 3.63) is 29.8 Å². The van der Waals surface area contributed by atoms with Crippen LogP contribution in [0.1, 0.15) is 44.0 Å². The number of sulfonamides is 1. The normalized spacial score (nSPS) is 25.4. The van der Waals surface area contributed by atoms with Crippen LogP contribution in [0.15, 0.2) is 29.2 Å². The standard InChI is InChI=1S/C19H29N3O4S.ClH/c1-13-10-22(11-14(2)26-13)27(24,25)17-6-4-5-15(9-17)18(23)21-19(3,12-20)16-7-8-16;/h4-6,9,13-14,16H,7-8,10-12,20H2,1-3H3,(H,21,23);1H. The van der Waals surface area contributed by atoms with Gasteiger partial charge in [0.05, 0.1) is 22.6 Å². The van der Waals surface area contributed by atoms with Crippen LogP contribution in [0, 0.1) is 5.92 Å². The zero-order valence-corrected chi connectivity index (χ0v) is 18.2. The Balaban J connectivity index is 0.00000280. The highest BCUT2D eigenvalue weighted by Crippen LogP contribution is 2.39. The van der Waals surface area contributed by atoms with Gasteiger partial charge in [0.25, 0.3) is 5.91 Å². The van der Waals surface area contributed by atoms with Crippen LogP contribution in [-0.2, 0) is 14.8 Å². The Bertz CT molecular complexity index is 805. The van der Waals surface area contributed by atoms with Gasteiger partial charge in [-0.05, 0) is 57.7 Å². The van der Waals surface area contributed by atoms with Crippen molar-refractivity contribution < 1.29 is 17.9 Å². The quantitative estimate of drug-likeness (QED) is 0.714. The van der Waals surface area contributed by atoms with Crippen LogP contribution in [-0.4, -0.2) is 56.0 Å². The number of hydrogen-bond acceptors (Lipinski definition) is 5. The van der Waals surface area contributed by atoms with Crippen molar-refractivity contribution in [2.75, 3.05) is 19.6 Å². The summed E-state index contributed by atoms with van der Waals surface area (Å²) in [6.07, 6.45) is 1.77. The molecule has 0 aromatic heterocycles. The van der Waals surface area contributed by atoms with Crippen molar-refractivity contribution in [3.8, 4) is 0 Å². The number of halogens is 1. The maximum absolute atomic E-state index is 13.0. The first-order chi connectivity index (χ1) is 12.7. The molecule has 3 rings (SSSR count). The number of nitrogens with one attached hydrogen (secondary N) is 1. The second kappa shape index (κ2) is 8.67. The van der Waals surface area contributed by atoms with Gasteiger partial charge in [-0.15, -0.1) is 12.4 Å². The number of rotatable bonds is 6. The van der Waals surface area contributed by atoms with E-state index in [0.717, 1.165) is 12.8 Å². The number of carbonyl (C=O) groups is 1. The molecule has 2 fully saturated rings. The summed E-state index contributed by atoms with van der Waals surface area (Å²) in [5.74, 6) is 0.0882. The molecule has 3 atom stereocenters. The maximum Gasteiger partial charge on any atom is 0.251 e. The van der Waals surface area contributed by atoms with Gasteiger partial charge in [0.2, 0.25) is 10.0 Å². The van der Waals surface area contributed by atoms with Crippen LogP contribution in [0.3, 0.4) is 0 Å². The molecule has 3 unspecified atom stereocenters. The van der Waals surface area contributed by atoms with Crippen LogP contribution in [0.25, 0.3) is 0 Å². The molecule has 28 heavy (non-hydrogen) atoms. The summed E-state index contributed by atoms with van der Waals surface area (Å²) in [5.41, 5.74) is 5.74. The molecule has 1 heterocycles. The summed E-state index contributed by atoms with van der Waals surface area (Å²) in [5, 5.41) is 3.00. The number of hydrogen-bond donors (Lipinski definition) is 2. The van der Waals surface area contributed by atoms with Crippen molar-refractivity contribution in [3.63, 3.8) is 0 Å². The third-order valence-electron chi connectivity index (χ3n) is 5.42. The summed E-state index contributed by atoms with van der Waals surface area (Å²) in [6.45, 7) is 6.61. The Hall–Kier alpha value is -1.19. The van der Waals surface area contributed by atoms with Gasteiger partial charge in [-0.25, -0.2) is 8.42 Å². The van der Waals surface area contributed by atoms with Crippen molar-refractivity contribution in [2.45, 2.75) is 56.3 Å². The zero-order chi connectivity index (χ0) is 19.8. The predicted octanol–water partition coefficient (Wildman–Crippen LogP) is 1.76. The smallest absolute Gasteiger partial charge is 0.251 e. The summed E-state index contributed by atoms with van der Waals surface area (Å²) < 4.78 is 33.1. The van der Waals surface area contributed by atoms with E-state index < -0.39 is 15.6 Å². The van der Waals surface area contributed by atoms with Crippen molar-refractivity contribution in [2.24, 2.45) is 11.7 Å². The molecule has 0 spiro atoms. The lowest BCUT2D eigenvalue weighted by molar-refractivity contribution is -0.0440. The third-order valence-corrected chi connectivity index (χ3v) is 7.25. The number of benzene rings is 1. The second-order valence-corrected chi connectivity index (χ2v) is 9.90. The van der Waals surface area contributed by atoms with Crippen LogP contribution in [0.2, 0.25) is 0 Å². The van der Waals surface area contributed by atoms with Gasteiger partial charge < -0.3 is 15.8 Å². The molecule has 0 bridgehead atoms. The number of ether oxygens (including phenoxy) is 1. The highest BCUT2D eigenvalue weighted by atomic mass is 35.5. The van der Waals surface area contributed by atoms with E-state index in [2.05, 4.69) is 5.32 Å². The van der Waals surface area contributed by atoms with Crippen molar-refractivity contribution in [1.29, 1.82) is 0 Å². The largest absolute Gasteiger partial charge is 0.373 e. The van der Waals surface area contributed by atoms with Crippen LogP contribution >= 0.6 is 12.4 Å². The Labute approximate surface area is 173 Å². The molecule has 158 valence electrons. The minimum Gasteiger partial charge on any atom is -0.373 e. The first kappa shape index (κ1) is 23.1. The van der Waals surface area contributed by atoms with Crippen LogP contribution in [0.5, 0.6) is 0 Å². The van der Waals surface area contributed by atoms with E-state index in [-0.39, 0.29) is 35.4 Å². The fourth-order valence-corrected chi connectivity index (χ4v) is 5.28. The number of morpholine rings is 1. The second-order valence-electron chi connectivity index (χ2n) is 7.96. The van der Waals surface area contributed by atoms with E-state index in [9.17, 15) is 13.2 Å². The summed E-state index contributed by atoms with van der Waals surface area (Å²) in [6, 6.07) is 6.20. The molecule has 1 aliphatic carbocycles. The van der Waals surface area contributed by atoms with Crippen LogP contribution < -0.4 is 11.1 Å². The molecular weight excluding hydrogens is 402 g/mol. The average molecular weight is 432 g/mol. The molecular formula is C19H30ClN3O4S. The molecule has 1 amide bonds. The van der Waals surface area contributed by atoms with Gasteiger partial charge in [0.15, 0.2) is 0 Å². The molecule has 3 N–H and O–H groups in total. The summed E-state index contributed by atoms with van der Waals surface area (Å²) >= 11 is 0. The number of amides is 1. The Kier molecular flexibility index (Phi) is 7.15. The fraction of sp³-hybridized carbons (Fsp3) is 0.632. The molecule has 0 radical (unpaired) electrons. The number of nitrogens with two attached hydrogens (primary N) is 1. The van der Waals surface area contributed by atoms with Gasteiger partial charge in [0, 0.05) is 25.2 Å². The Morgan fingerprint density at radius 2 is 1.89 bits per heavy atom. The van der Waals surface area contributed by atoms with Gasteiger partial charge in [0.1, 0.15) is 0 Å². The Morgan fingerprint density at radius 1 is 1.29 bits per heavy atom. The highest BCUT2D eigenvalue weighted by Gasteiger charge is 2.41. The lowest BCUT2D eigenvalue weighted by Gasteiger charge is -2.34. The van der Waals surface area contributed by atoms with Crippen molar-refractivity contribution in [1.82, 2.24) is 9.62 Å². The van der Waals surface area contributed by atoms with Crippen LogP contribution in [0.4, 0.5) is 0 Å². The molecule has 1 saturated carbocycles. The van der Waals surface area contributed by atoms with Gasteiger partial charge in [-0.2, -0.15) is 4.31 Å². The minimum absolute atomic E-state index is 0. The number of carbonyl (C=O) groups excluding carboxylic acids is 1. The lowest BCUT2D eigenvalue weighted by atomic mass is 9.95. The SMILES string of the molecule is CC1CN(S(=O)(=O)c2cccc(C(=O)NC(C)(CN)C3CC3)c2)CC(C)O1.Cl. The first-order valence-electron chi connectivity index (χ1n) is 9.44. The number of nitrogens with zero attached hydrogens (tertiary/aromatic N) is 1. The topological polar surface area (TPSA) is 102 Å². The van der Waals surface area contributed by atoms with Crippen molar-refractivity contribution >= 4 is 28.3 Å². The van der Waals surface area contributed by atoms with E-state index in [1.54, 1.807) is 12.1 Å². The first-order valence-corrected chi connectivity index (χ1v) is 10.9. The fourth-order valence-electron chi connectivity index (χ4n) is 3.65. The third kappa shape index (κ3) is 4.86. The highest BCUT2D eigenvalue weighted by molar-refractivity contribution is 7.89.